The summed E-state index contributed by atoms with van der Waals surface area (Å²) in [4.78, 5) is 4.23. The molecule has 0 amide bonds. The molecule has 7 heteroatoms. The van der Waals surface area contributed by atoms with Gasteiger partial charge in [0.15, 0.2) is 0 Å². The Kier molecular flexibility index (Phi) is 4.99. The standard InChI is InChI=1S/C18H13ClF3NO2/c19-9-12-1-7-16(8-2-12)24-10-15-11-25-17(23-15)13-3-5-14(6-4-13)18(20,21)22/h1-8,11H,9-10H2. The lowest BCUT2D eigenvalue weighted by atomic mass is 10.1. The van der Waals surface area contributed by atoms with Gasteiger partial charge in [-0.25, -0.2) is 4.98 Å². The smallest absolute Gasteiger partial charge is 0.416 e. The van der Waals surface area contributed by atoms with Gasteiger partial charge in [-0.2, -0.15) is 13.2 Å². The Balaban J connectivity index is 1.65. The number of aromatic nitrogens is 1. The second-order valence-electron chi connectivity index (χ2n) is 5.29. The number of halogens is 4. The average Bonchev–Trinajstić information content (AvgIpc) is 3.09. The first-order valence-corrected chi connectivity index (χ1v) is 7.89. The van der Waals surface area contributed by atoms with Crippen molar-refractivity contribution in [2.45, 2.75) is 18.7 Å². The van der Waals surface area contributed by atoms with E-state index in [-0.39, 0.29) is 12.5 Å². The van der Waals surface area contributed by atoms with Crippen molar-refractivity contribution in [1.29, 1.82) is 0 Å². The molecule has 3 nitrogen and oxygen atoms in total. The summed E-state index contributed by atoms with van der Waals surface area (Å²) in [5, 5.41) is 0. The van der Waals surface area contributed by atoms with E-state index in [0.717, 1.165) is 17.7 Å². The van der Waals surface area contributed by atoms with Crippen molar-refractivity contribution in [2.75, 3.05) is 0 Å². The fourth-order valence-electron chi connectivity index (χ4n) is 2.14. The minimum absolute atomic E-state index is 0.185. The zero-order valence-corrected chi connectivity index (χ0v) is 13.6. The second kappa shape index (κ2) is 7.19. The fraction of sp³-hybridized carbons (Fsp3) is 0.167. The predicted octanol–water partition coefficient (Wildman–Crippen LogP) is 5.68. The van der Waals surface area contributed by atoms with Crippen LogP contribution in [0.15, 0.2) is 59.2 Å². The van der Waals surface area contributed by atoms with Gasteiger partial charge >= 0.3 is 6.18 Å². The number of alkyl halides is 4. The maximum absolute atomic E-state index is 12.6. The summed E-state index contributed by atoms with van der Waals surface area (Å²) < 4.78 is 48.6. The molecule has 0 saturated heterocycles. The van der Waals surface area contributed by atoms with Crippen molar-refractivity contribution in [3.63, 3.8) is 0 Å². The lowest BCUT2D eigenvalue weighted by Crippen LogP contribution is -2.04. The number of oxazole rings is 1. The molecule has 0 unspecified atom stereocenters. The van der Waals surface area contributed by atoms with Crippen LogP contribution in [0.25, 0.3) is 11.5 Å². The molecule has 1 aromatic heterocycles. The Hall–Kier alpha value is -2.47. The molecule has 130 valence electrons. The second-order valence-corrected chi connectivity index (χ2v) is 5.55. The summed E-state index contributed by atoms with van der Waals surface area (Å²) in [7, 11) is 0. The van der Waals surface area contributed by atoms with Crippen molar-refractivity contribution in [1.82, 2.24) is 4.98 Å². The SMILES string of the molecule is FC(F)(F)c1ccc(-c2nc(COc3ccc(CCl)cc3)co2)cc1. The maximum atomic E-state index is 12.6. The molecule has 0 fully saturated rings. The molecule has 0 saturated carbocycles. The molecule has 0 atom stereocenters. The van der Waals surface area contributed by atoms with Gasteiger partial charge in [0.25, 0.3) is 0 Å². The van der Waals surface area contributed by atoms with E-state index < -0.39 is 11.7 Å². The lowest BCUT2D eigenvalue weighted by Gasteiger charge is -2.06. The first kappa shape index (κ1) is 17.4. The highest BCUT2D eigenvalue weighted by Gasteiger charge is 2.30. The molecular formula is C18H13ClF3NO2. The average molecular weight is 368 g/mol. The van der Waals surface area contributed by atoms with Crippen LogP contribution in [0, 0.1) is 0 Å². The van der Waals surface area contributed by atoms with Gasteiger partial charge in [-0.3, -0.25) is 0 Å². The third-order valence-corrected chi connectivity index (χ3v) is 3.78. The summed E-state index contributed by atoms with van der Waals surface area (Å²) >= 11 is 5.72. The summed E-state index contributed by atoms with van der Waals surface area (Å²) in [6.07, 6.45) is -2.95. The normalized spacial score (nSPS) is 11.5. The molecule has 0 aliphatic rings. The third-order valence-electron chi connectivity index (χ3n) is 3.48. The van der Waals surface area contributed by atoms with Gasteiger partial charge in [-0.1, -0.05) is 12.1 Å². The molecule has 0 radical (unpaired) electrons. The third kappa shape index (κ3) is 4.33. The van der Waals surface area contributed by atoms with Crippen molar-refractivity contribution in [3.8, 4) is 17.2 Å². The number of nitrogens with zero attached hydrogens (tertiary/aromatic N) is 1. The zero-order valence-electron chi connectivity index (χ0n) is 12.9. The van der Waals surface area contributed by atoms with Crippen LogP contribution in [0.3, 0.4) is 0 Å². The van der Waals surface area contributed by atoms with Gasteiger partial charge < -0.3 is 9.15 Å². The van der Waals surface area contributed by atoms with Gasteiger partial charge in [0.1, 0.15) is 24.3 Å². The summed E-state index contributed by atoms with van der Waals surface area (Å²) in [5.41, 5.74) is 1.27. The number of hydrogen-bond donors (Lipinski definition) is 0. The lowest BCUT2D eigenvalue weighted by molar-refractivity contribution is -0.137. The molecule has 2 aromatic carbocycles. The van der Waals surface area contributed by atoms with E-state index in [9.17, 15) is 13.2 Å². The molecule has 0 bridgehead atoms. The van der Waals surface area contributed by atoms with Crippen LogP contribution in [0.4, 0.5) is 13.2 Å². The Morgan fingerprint density at radius 3 is 2.28 bits per heavy atom. The van der Waals surface area contributed by atoms with E-state index in [4.69, 9.17) is 20.8 Å². The summed E-state index contributed by atoms with van der Waals surface area (Å²) in [6.45, 7) is 0.185. The topological polar surface area (TPSA) is 35.3 Å². The van der Waals surface area contributed by atoms with Crippen molar-refractivity contribution in [3.05, 3.63) is 71.6 Å². The highest BCUT2D eigenvalue weighted by Crippen LogP contribution is 2.30. The Morgan fingerprint density at radius 2 is 1.68 bits per heavy atom. The van der Waals surface area contributed by atoms with Crippen LogP contribution in [-0.2, 0) is 18.7 Å². The first-order chi connectivity index (χ1) is 12.0. The summed E-state index contributed by atoms with van der Waals surface area (Å²) in [5.74, 6) is 1.33. The number of hydrogen-bond acceptors (Lipinski definition) is 3. The Bertz CT molecular complexity index is 827. The van der Waals surface area contributed by atoms with Gasteiger partial charge in [0.05, 0.1) is 5.56 Å². The monoisotopic (exact) mass is 367 g/mol. The number of rotatable bonds is 5. The van der Waals surface area contributed by atoms with E-state index in [0.29, 0.717) is 22.9 Å². The van der Waals surface area contributed by atoms with Crippen molar-refractivity contribution in [2.24, 2.45) is 0 Å². The Morgan fingerprint density at radius 1 is 1.00 bits per heavy atom. The van der Waals surface area contributed by atoms with Gasteiger partial charge in [0.2, 0.25) is 5.89 Å². The minimum Gasteiger partial charge on any atom is -0.487 e. The van der Waals surface area contributed by atoms with Crippen LogP contribution in [0.5, 0.6) is 5.75 Å². The van der Waals surface area contributed by atoms with Crippen LogP contribution in [-0.4, -0.2) is 4.98 Å². The molecule has 0 aliphatic heterocycles. The zero-order chi connectivity index (χ0) is 17.9. The molecule has 0 aliphatic carbocycles. The van der Waals surface area contributed by atoms with E-state index in [1.165, 1.54) is 18.4 Å². The quantitative estimate of drug-likeness (QED) is 0.544. The van der Waals surface area contributed by atoms with E-state index in [2.05, 4.69) is 4.98 Å². The predicted molar refractivity (Wildman–Crippen MR) is 87.3 cm³/mol. The number of ether oxygens (including phenoxy) is 1. The largest absolute Gasteiger partial charge is 0.487 e. The van der Waals surface area contributed by atoms with E-state index in [1.54, 1.807) is 12.1 Å². The molecule has 1 heterocycles. The van der Waals surface area contributed by atoms with Crippen LogP contribution >= 0.6 is 11.6 Å². The maximum Gasteiger partial charge on any atom is 0.416 e. The van der Waals surface area contributed by atoms with Crippen molar-refractivity contribution >= 4 is 11.6 Å². The van der Waals surface area contributed by atoms with Crippen LogP contribution in [0.2, 0.25) is 0 Å². The van der Waals surface area contributed by atoms with Gasteiger partial charge in [-0.05, 0) is 42.0 Å². The highest BCUT2D eigenvalue weighted by atomic mass is 35.5. The minimum atomic E-state index is -4.37. The van der Waals surface area contributed by atoms with Crippen molar-refractivity contribution < 1.29 is 22.3 Å². The molecular weight excluding hydrogens is 355 g/mol. The molecule has 3 rings (SSSR count). The van der Waals surface area contributed by atoms with Crippen LogP contribution in [0.1, 0.15) is 16.8 Å². The van der Waals surface area contributed by atoms with Crippen LogP contribution < -0.4 is 4.74 Å². The Labute approximate surface area is 147 Å². The fourth-order valence-corrected chi connectivity index (χ4v) is 2.32. The molecule has 0 spiro atoms. The molecule has 0 N–H and O–H groups in total. The van der Waals surface area contributed by atoms with E-state index >= 15 is 0 Å². The van der Waals surface area contributed by atoms with E-state index in [1.807, 2.05) is 12.1 Å². The van der Waals surface area contributed by atoms with Gasteiger partial charge in [-0.15, -0.1) is 11.6 Å². The highest BCUT2D eigenvalue weighted by molar-refractivity contribution is 6.17. The molecule has 3 aromatic rings. The summed E-state index contributed by atoms with van der Waals surface area (Å²) in [6, 6.07) is 12.0. The van der Waals surface area contributed by atoms with Gasteiger partial charge in [0, 0.05) is 11.4 Å². The number of benzene rings is 2. The first-order valence-electron chi connectivity index (χ1n) is 7.35. The molecule has 25 heavy (non-hydrogen) atoms.